The van der Waals surface area contributed by atoms with Gasteiger partial charge in [0.15, 0.2) is 5.76 Å². The molecule has 1 aromatic heterocycles. The van der Waals surface area contributed by atoms with Crippen molar-refractivity contribution in [3.05, 3.63) is 24.3 Å². The quantitative estimate of drug-likeness (QED) is 0.873. The number of hydrogen-bond donors (Lipinski definition) is 2. The summed E-state index contributed by atoms with van der Waals surface area (Å²) in [6.45, 7) is 1.47. The molecule has 1 aromatic carbocycles. The fraction of sp³-hybridized carbons (Fsp3) is 0.286. The summed E-state index contributed by atoms with van der Waals surface area (Å²) in [6, 6.07) is 6.55. The molecule has 8 heteroatoms. The van der Waals surface area contributed by atoms with Crippen molar-refractivity contribution in [3.8, 4) is 28.6 Å². The zero-order valence-corrected chi connectivity index (χ0v) is 13.2. The van der Waals surface area contributed by atoms with Gasteiger partial charge in [0, 0.05) is 12.6 Å². The van der Waals surface area contributed by atoms with Gasteiger partial charge in [0.25, 0.3) is 5.88 Å². The third-order valence-corrected chi connectivity index (χ3v) is 4.99. The van der Waals surface area contributed by atoms with Gasteiger partial charge in [-0.05, 0) is 31.2 Å². The Bertz CT molecular complexity index is 763. The number of rotatable bonds is 5. The SMILES string of the molecule is CCS(=O)(=O)N(C)c1oc(-c2ccc(OC)cc2)c(O)c1O. The van der Waals surface area contributed by atoms with Crippen LogP contribution in [0, 0.1) is 0 Å². The van der Waals surface area contributed by atoms with Gasteiger partial charge in [0.2, 0.25) is 21.5 Å². The normalized spacial score (nSPS) is 11.4. The minimum Gasteiger partial charge on any atom is -0.502 e. The lowest BCUT2D eigenvalue weighted by Crippen LogP contribution is -2.27. The van der Waals surface area contributed by atoms with Crippen molar-refractivity contribution < 1.29 is 27.8 Å². The van der Waals surface area contributed by atoms with Crippen LogP contribution in [0.15, 0.2) is 28.7 Å². The lowest BCUT2D eigenvalue weighted by Gasteiger charge is -2.14. The summed E-state index contributed by atoms with van der Waals surface area (Å²) in [7, 11) is -0.855. The Morgan fingerprint density at radius 2 is 1.77 bits per heavy atom. The van der Waals surface area contributed by atoms with E-state index < -0.39 is 21.5 Å². The maximum atomic E-state index is 11.8. The molecule has 0 amide bonds. The molecule has 2 N–H and O–H groups in total. The Morgan fingerprint density at radius 3 is 2.27 bits per heavy atom. The minimum atomic E-state index is -3.62. The second-order valence-corrected chi connectivity index (χ2v) is 6.82. The van der Waals surface area contributed by atoms with Gasteiger partial charge < -0.3 is 19.4 Å². The van der Waals surface area contributed by atoms with E-state index >= 15 is 0 Å². The van der Waals surface area contributed by atoms with Gasteiger partial charge in [0.1, 0.15) is 5.75 Å². The number of ether oxygens (including phenoxy) is 1. The molecule has 1 heterocycles. The van der Waals surface area contributed by atoms with Crippen LogP contribution in [-0.2, 0) is 10.0 Å². The average Bonchev–Trinajstić information content (AvgIpc) is 2.82. The Kier molecular flexibility index (Phi) is 4.23. The Morgan fingerprint density at radius 1 is 1.18 bits per heavy atom. The predicted octanol–water partition coefficient (Wildman–Crippen LogP) is 2.15. The van der Waals surface area contributed by atoms with Crippen LogP contribution in [0.25, 0.3) is 11.3 Å². The van der Waals surface area contributed by atoms with E-state index in [1.807, 2.05) is 0 Å². The van der Waals surface area contributed by atoms with Crippen LogP contribution in [0.5, 0.6) is 17.2 Å². The number of sulfonamides is 1. The molecule has 0 saturated heterocycles. The highest BCUT2D eigenvalue weighted by Crippen LogP contribution is 2.47. The van der Waals surface area contributed by atoms with Gasteiger partial charge in [-0.25, -0.2) is 12.7 Å². The van der Waals surface area contributed by atoms with E-state index in [-0.39, 0.29) is 17.4 Å². The highest BCUT2D eigenvalue weighted by molar-refractivity contribution is 7.92. The van der Waals surface area contributed by atoms with Gasteiger partial charge in [-0.3, -0.25) is 0 Å². The van der Waals surface area contributed by atoms with Crippen LogP contribution in [0.3, 0.4) is 0 Å². The summed E-state index contributed by atoms with van der Waals surface area (Å²) in [5.74, 6) is -1.03. The number of furan rings is 1. The molecule has 0 aliphatic carbocycles. The van der Waals surface area contributed by atoms with E-state index in [9.17, 15) is 18.6 Å². The Hall–Kier alpha value is -2.35. The number of hydrogen-bond acceptors (Lipinski definition) is 6. The molecule has 7 nitrogen and oxygen atoms in total. The van der Waals surface area contributed by atoms with Gasteiger partial charge in [-0.15, -0.1) is 0 Å². The standard InChI is InChI=1S/C14H17NO6S/c1-4-22(18,19)15(2)14-12(17)11(16)13(21-14)9-5-7-10(20-3)8-6-9/h5-8,16-17H,4H2,1-3H3. The minimum absolute atomic E-state index is 0.0201. The maximum Gasteiger partial charge on any atom is 0.256 e. The molecule has 120 valence electrons. The molecule has 0 atom stereocenters. The van der Waals surface area contributed by atoms with Crippen molar-refractivity contribution in [2.75, 3.05) is 24.2 Å². The highest BCUT2D eigenvalue weighted by atomic mass is 32.2. The number of benzene rings is 1. The second-order valence-electron chi connectivity index (χ2n) is 4.53. The van der Waals surface area contributed by atoms with Crippen molar-refractivity contribution in [3.63, 3.8) is 0 Å². The molecule has 0 radical (unpaired) electrons. The molecule has 2 rings (SSSR count). The summed E-state index contributed by atoms with van der Waals surface area (Å²) in [5.41, 5.74) is 0.474. The number of methoxy groups -OCH3 is 1. The summed E-state index contributed by atoms with van der Waals surface area (Å²) in [4.78, 5) is 0. The van der Waals surface area contributed by atoms with Crippen LogP contribution in [-0.4, -0.2) is 38.5 Å². The summed E-state index contributed by atoms with van der Waals surface area (Å²) >= 11 is 0. The third kappa shape index (κ3) is 2.69. The molecule has 0 unspecified atom stereocenters. The van der Waals surface area contributed by atoms with Crippen LogP contribution in [0.2, 0.25) is 0 Å². The molecule has 0 saturated carbocycles. The van der Waals surface area contributed by atoms with E-state index in [0.717, 1.165) is 4.31 Å². The van der Waals surface area contributed by atoms with Crippen molar-refractivity contribution in [2.45, 2.75) is 6.92 Å². The lowest BCUT2D eigenvalue weighted by molar-refractivity contribution is 0.409. The molecule has 0 aliphatic heterocycles. The highest BCUT2D eigenvalue weighted by Gasteiger charge is 2.28. The van der Waals surface area contributed by atoms with Gasteiger partial charge in [-0.1, -0.05) is 0 Å². The van der Waals surface area contributed by atoms with Crippen LogP contribution in [0.1, 0.15) is 6.92 Å². The third-order valence-electron chi connectivity index (χ3n) is 3.26. The second kappa shape index (κ2) is 5.80. The summed E-state index contributed by atoms with van der Waals surface area (Å²) in [6.07, 6.45) is 0. The van der Waals surface area contributed by atoms with Crippen molar-refractivity contribution in [2.24, 2.45) is 0 Å². The van der Waals surface area contributed by atoms with Gasteiger partial charge in [0.05, 0.1) is 12.9 Å². The lowest BCUT2D eigenvalue weighted by atomic mass is 10.1. The van der Waals surface area contributed by atoms with E-state index in [1.54, 1.807) is 24.3 Å². The molecule has 0 bridgehead atoms. The van der Waals surface area contributed by atoms with Crippen LogP contribution in [0.4, 0.5) is 5.88 Å². The van der Waals surface area contributed by atoms with Crippen LogP contribution >= 0.6 is 0 Å². The largest absolute Gasteiger partial charge is 0.502 e. The topological polar surface area (TPSA) is 100 Å². The number of anilines is 1. The average molecular weight is 327 g/mol. The van der Waals surface area contributed by atoms with Crippen LogP contribution < -0.4 is 9.04 Å². The zero-order valence-electron chi connectivity index (χ0n) is 12.4. The summed E-state index contributed by atoms with van der Waals surface area (Å²) in [5, 5.41) is 19.9. The van der Waals surface area contributed by atoms with Gasteiger partial charge in [-0.2, -0.15) is 0 Å². The molecule has 0 spiro atoms. The first kappa shape index (κ1) is 16.0. The first-order chi connectivity index (χ1) is 10.3. The molecule has 22 heavy (non-hydrogen) atoms. The van der Waals surface area contributed by atoms with E-state index in [4.69, 9.17) is 9.15 Å². The zero-order chi connectivity index (χ0) is 16.5. The first-order valence-electron chi connectivity index (χ1n) is 6.47. The van der Waals surface area contributed by atoms with Gasteiger partial charge >= 0.3 is 0 Å². The van der Waals surface area contributed by atoms with E-state index in [2.05, 4.69) is 0 Å². The number of nitrogens with zero attached hydrogens (tertiary/aromatic N) is 1. The van der Waals surface area contributed by atoms with Crippen molar-refractivity contribution in [1.82, 2.24) is 0 Å². The first-order valence-corrected chi connectivity index (χ1v) is 8.08. The molecule has 2 aromatic rings. The monoisotopic (exact) mass is 327 g/mol. The fourth-order valence-electron chi connectivity index (χ4n) is 1.87. The predicted molar refractivity (Wildman–Crippen MR) is 81.9 cm³/mol. The smallest absolute Gasteiger partial charge is 0.256 e. The van der Waals surface area contributed by atoms with Crippen molar-refractivity contribution >= 4 is 15.9 Å². The fourth-order valence-corrected chi connectivity index (χ4v) is 2.64. The number of aromatic hydroxyl groups is 2. The molecular weight excluding hydrogens is 310 g/mol. The Labute approximate surface area is 128 Å². The molecule has 0 aliphatic rings. The molecule has 0 fully saturated rings. The summed E-state index contributed by atoms with van der Waals surface area (Å²) < 4.78 is 34.9. The maximum absolute atomic E-state index is 11.8. The van der Waals surface area contributed by atoms with Crippen molar-refractivity contribution in [1.29, 1.82) is 0 Å². The van der Waals surface area contributed by atoms with E-state index in [0.29, 0.717) is 11.3 Å². The van der Waals surface area contributed by atoms with E-state index in [1.165, 1.54) is 21.1 Å². The molecular formula is C14H17NO6S. The Balaban J connectivity index is 2.49.